The topological polar surface area (TPSA) is 50.4 Å². The third kappa shape index (κ3) is 3.37. The first-order chi connectivity index (χ1) is 9.57. The minimum absolute atomic E-state index is 0.113. The molecule has 1 saturated heterocycles. The van der Waals surface area contributed by atoms with Crippen molar-refractivity contribution in [1.82, 2.24) is 10.6 Å². The summed E-state index contributed by atoms with van der Waals surface area (Å²) in [6, 6.07) is 4.42. The Bertz CT molecular complexity index is 490. The zero-order valence-electron chi connectivity index (χ0n) is 11.3. The molecule has 0 atom stereocenters. The van der Waals surface area contributed by atoms with Crippen molar-refractivity contribution in [1.29, 1.82) is 0 Å². The predicted molar refractivity (Wildman–Crippen MR) is 77.8 cm³/mol. The number of amides is 1. The molecule has 110 valence electrons. The average molecular weight is 345 g/mol. The third-order valence-electron chi connectivity index (χ3n) is 3.67. The first-order valence-electron chi connectivity index (χ1n) is 6.55. The molecule has 20 heavy (non-hydrogen) atoms. The van der Waals surface area contributed by atoms with E-state index < -0.39 is 5.60 Å². The van der Waals surface area contributed by atoms with Gasteiger partial charge in [-0.3, -0.25) is 4.79 Å². The number of hydrogen-bond acceptors (Lipinski definition) is 3. The van der Waals surface area contributed by atoms with Crippen LogP contribution in [0, 0.1) is 5.82 Å². The maximum atomic E-state index is 13.0. The van der Waals surface area contributed by atoms with E-state index in [2.05, 4.69) is 26.6 Å². The van der Waals surface area contributed by atoms with E-state index in [1.54, 1.807) is 13.2 Å². The van der Waals surface area contributed by atoms with Gasteiger partial charge in [0.25, 0.3) is 5.91 Å². The normalized spacial score (nSPS) is 17.8. The number of benzene rings is 1. The van der Waals surface area contributed by atoms with Crippen molar-refractivity contribution < 1.29 is 13.9 Å². The third-order valence-corrected chi connectivity index (χ3v) is 4.41. The van der Waals surface area contributed by atoms with Crippen LogP contribution in [-0.2, 0) is 16.1 Å². The molecule has 1 aliphatic heterocycles. The van der Waals surface area contributed by atoms with Gasteiger partial charge in [-0.2, -0.15) is 0 Å². The van der Waals surface area contributed by atoms with Crippen molar-refractivity contribution in [3.8, 4) is 0 Å². The van der Waals surface area contributed by atoms with Gasteiger partial charge < -0.3 is 15.4 Å². The highest BCUT2D eigenvalue weighted by Gasteiger charge is 2.39. The summed E-state index contributed by atoms with van der Waals surface area (Å²) in [6.45, 7) is 1.88. The highest BCUT2D eigenvalue weighted by atomic mass is 79.9. The summed E-state index contributed by atoms with van der Waals surface area (Å²) in [6.07, 6.45) is 1.31. The van der Waals surface area contributed by atoms with Crippen LogP contribution in [0.3, 0.4) is 0 Å². The molecule has 2 N–H and O–H groups in total. The fourth-order valence-electron chi connectivity index (χ4n) is 2.36. The molecular formula is C14H18BrFN2O2. The van der Waals surface area contributed by atoms with Crippen LogP contribution in [0.1, 0.15) is 18.4 Å². The summed E-state index contributed by atoms with van der Waals surface area (Å²) in [4.78, 5) is 12.3. The van der Waals surface area contributed by atoms with Gasteiger partial charge in [0.2, 0.25) is 0 Å². The molecule has 0 unspecified atom stereocenters. The van der Waals surface area contributed by atoms with Crippen LogP contribution < -0.4 is 10.6 Å². The van der Waals surface area contributed by atoms with Crippen molar-refractivity contribution in [3.05, 3.63) is 34.1 Å². The van der Waals surface area contributed by atoms with Crippen LogP contribution in [0.5, 0.6) is 0 Å². The van der Waals surface area contributed by atoms with Crippen LogP contribution in [0.15, 0.2) is 22.7 Å². The van der Waals surface area contributed by atoms with Crippen molar-refractivity contribution in [3.63, 3.8) is 0 Å². The molecule has 0 saturated carbocycles. The Hall–Kier alpha value is -0.980. The van der Waals surface area contributed by atoms with Gasteiger partial charge in [0.1, 0.15) is 11.4 Å². The van der Waals surface area contributed by atoms with Crippen LogP contribution in [0.2, 0.25) is 0 Å². The number of hydrogen-bond donors (Lipinski definition) is 2. The van der Waals surface area contributed by atoms with Crippen molar-refractivity contribution >= 4 is 21.8 Å². The van der Waals surface area contributed by atoms with E-state index in [0.717, 1.165) is 18.7 Å². The Labute approximate surface area is 126 Å². The highest BCUT2D eigenvalue weighted by Crippen LogP contribution is 2.23. The van der Waals surface area contributed by atoms with Crippen LogP contribution in [0.4, 0.5) is 4.39 Å². The monoisotopic (exact) mass is 344 g/mol. The van der Waals surface area contributed by atoms with E-state index in [4.69, 9.17) is 4.74 Å². The summed E-state index contributed by atoms with van der Waals surface area (Å²) in [5.74, 6) is -0.420. The number of carbonyl (C=O) groups is 1. The van der Waals surface area contributed by atoms with Gasteiger partial charge in [0.05, 0.1) is 0 Å². The lowest BCUT2D eigenvalue weighted by atomic mass is 9.91. The van der Waals surface area contributed by atoms with E-state index >= 15 is 0 Å². The number of ether oxygens (including phenoxy) is 1. The van der Waals surface area contributed by atoms with Crippen LogP contribution in [-0.4, -0.2) is 31.7 Å². The number of carbonyl (C=O) groups excluding carboxylic acids is 1. The second-order valence-corrected chi connectivity index (χ2v) is 5.72. The van der Waals surface area contributed by atoms with Crippen LogP contribution in [0.25, 0.3) is 0 Å². The average Bonchev–Trinajstić information content (AvgIpc) is 2.46. The van der Waals surface area contributed by atoms with Gasteiger partial charge in [-0.05, 0) is 43.6 Å². The van der Waals surface area contributed by atoms with E-state index in [9.17, 15) is 9.18 Å². The lowest BCUT2D eigenvalue weighted by Crippen LogP contribution is -2.53. The second kappa shape index (κ2) is 6.65. The number of nitrogens with one attached hydrogen (secondary N) is 2. The minimum Gasteiger partial charge on any atom is -0.368 e. The summed E-state index contributed by atoms with van der Waals surface area (Å²) in [5, 5.41) is 6.09. The molecule has 1 aromatic rings. The van der Waals surface area contributed by atoms with Crippen molar-refractivity contribution in [2.75, 3.05) is 20.2 Å². The number of rotatable bonds is 4. The second-order valence-electron chi connectivity index (χ2n) is 4.87. The Morgan fingerprint density at radius 2 is 2.20 bits per heavy atom. The van der Waals surface area contributed by atoms with E-state index in [1.807, 2.05) is 0 Å². The molecule has 1 aromatic carbocycles. The van der Waals surface area contributed by atoms with E-state index in [0.29, 0.717) is 23.9 Å². The van der Waals surface area contributed by atoms with Gasteiger partial charge >= 0.3 is 0 Å². The summed E-state index contributed by atoms with van der Waals surface area (Å²) in [5.41, 5.74) is 0.0810. The summed E-state index contributed by atoms with van der Waals surface area (Å²) < 4.78 is 19.1. The lowest BCUT2D eigenvalue weighted by Gasteiger charge is -2.34. The zero-order chi connectivity index (χ0) is 14.6. The van der Waals surface area contributed by atoms with Gasteiger partial charge in [-0.25, -0.2) is 4.39 Å². The number of halogens is 2. The smallest absolute Gasteiger partial charge is 0.252 e. The minimum atomic E-state index is -0.752. The van der Waals surface area contributed by atoms with E-state index in [-0.39, 0.29) is 11.7 Å². The molecule has 0 aromatic heterocycles. The fraction of sp³-hybridized carbons (Fsp3) is 0.500. The number of piperidine rings is 1. The molecule has 2 rings (SSSR count). The highest BCUT2D eigenvalue weighted by molar-refractivity contribution is 9.10. The molecule has 4 nitrogen and oxygen atoms in total. The van der Waals surface area contributed by atoms with E-state index in [1.165, 1.54) is 12.1 Å². The Morgan fingerprint density at radius 3 is 2.80 bits per heavy atom. The molecule has 0 bridgehead atoms. The van der Waals surface area contributed by atoms with Gasteiger partial charge in [0.15, 0.2) is 0 Å². The number of methoxy groups -OCH3 is 1. The quantitative estimate of drug-likeness (QED) is 0.877. The molecule has 0 radical (unpaired) electrons. The van der Waals surface area contributed by atoms with Crippen molar-refractivity contribution in [2.45, 2.75) is 25.0 Å². The Balaban J connectivity index is 2.00. The molecule has 0 aliphatic carbocycles. The molecule has 1 fully saturated rings. The Kier molecular flexibility index (Phi) is 5.12. The Morgan fingerprint density at radius 1 is 1.50 bits per heavy atom. The molecule has 0 spiro atoms. The maximum Gasteiger partial charge on any atom is 0.252 e. The van der Waals surface area contributed by atoms with Gasteiger partial charge in [-0.1, -0.05) is 22.0 Å². The zero-order valence-corrected chi connectivity index (χ0v) is 12.9. The SMILES string of the molecule is COC1(C(=O)NCc2ccc(F)cc2Br)CCNCC1. The standard InChI is InChI=1S/C14H18BrFN2O2/c1-20-14(4-6-17-7-5-14)13(19)18-9-10-2-3-11(16)8-12(10)15/h2-3,8,17H,4-7,9H2,1H3,(H,18,19). The first-order valence-corrected chi connectivity index (χ1v) is 7.35. The molecule has 1 heterocycles. The largest absolute Gasteiger partial charge is 0.368 e. The molecule has 6 heteroatoms. The summed E-state index contributed by atoms with van der Waals surface area (Å²) >= 11 is 3.29. The van der Waals surface area contributed by atoms with Gasteiger partial charge in [0, 0.05) is 18.1 Å². The van der Waals surface area contributed by atoms with Crippen molar-refractivity contribution in [2.24, 2.45) is 0 Å². The molecule has 1 amide bonds. The van der Waals surface area contributed by atoms with Crippen LogP contribution >= 0.6 is 15.9 Å². The predicted octanol–water partition coefficient (Wildman–Crippen LogP) is 1.97. The first kappa shape index (κ1) is 15.4. The molecule has 1 aliphatic rings. The molecular weight excluding hydrogens is 327 g/mol. The summed E-state index contributed by atoms with van der Waals surface area (Å²) in [7, 11) is 1.57. The van der Waals surface area contributed by atoms with Gasteiger partial charge in [-0.15, -0.1) is 0 Å². The fourth-order valence-corrected chi connectivity index (χ4v) is 2.85. The lowest BCUT2D eigenvalue weighted by molar-refractivity contribution is -0.146. The maximum absolute atomic E-state index is 13.0.